The van der Waals surface area contributed by atoms with Gasteiger partial charge in [-0.1, -0.05) is 49.1 Å². The molecule has 1 aromatic heterocycles. The first-order chi connectivity index (χ1) is 14.5. The van der Waals surface area contributed by atoms with Gasteiger partial charge >= 0.3 is 0 Å². The van der Waals surface area contributed by atoms with Crippen molar-refractivity contribution in [1.82, 2.24) is 14.4 Å². The van der Waals surface area contributed by atoms with Gasteiger partial charge in [0, 0.05) is 45.2 Å². The quantitative estimate of drug-likeness (QED) is 0.536. The van der Waals surface area contributed by atoms with Crippen LogP contribution in [0.1, 0.15) is 19.4 Å². The number of nitrogens with zero attached hydrogens (tertiary/aromatic N) is 4. The molecule has 0 radical (unpaired) electrons. The number of pyridine rings is 1. The summed E-state index contributed by atoms with van der Waals surface area (Å²) in [5.41, 5.74) is 2.29. The predicted octanol–water partition coefficient (Wildman–Crippen LogP) is 2.90. The van der Waals surface area contributed by atoms with E-state index in [1.54, 1.807) is 22.6 Å². The minimum absolute atomic E-state index is 0.0941. The van der Waals surface area contributed by atoms with Crippen LogP contribution in [0, 0.1) is 0 Å². The van der Waals surface area contributed by atoms with Crippen molar-refractivity contribution in [2.45, 2.75) is 13.8 Å². The van der Waals surface area contributed by atoms with Gasteiger partial charge in [0.1, 0.15) is 4.32 Å². The van der Waals surface area contributed by atoms with Crippen molar-refractivity contribution in [3.8, 4) is 0 Å². The fourth-order valence-corrected chi connectivity index (χ4v) is 5.53. The van der Waals surface area contributed by atoms with Crippen LogP contribution in [-0.2, 0) is 11.8 Å². The van der Waals surface area contributed by atoms with E-state index in [1.165, 1.54) is 11.8 Å². The molecule has 2 saturated heterocycles. The molecule has 0 unspecified atom stereocenters. The molecule has 0 spiro atoms. The fraction of sp³-hybridized carbons (Fsp3) is 0.409. The number of para-hydroxylation sites is 1. The lowest BCUT2D eigenvalue weighted by atomic mass is 10.1. The second kappa shape index (κ2) is 8.53. The molecule has 1 amide bonds. The summed E-state index contributed by atoms with van der Waals surface area (Å²) in [6.45, 7) is 9.24. The molecule has 0 N–H and O–H groups in total. The number of aromatic nitrogens is 1. The van der Waals surface area contributed by atoms with Crippen LogP contribution in [0.2, 0.25) is 0 Å². The lowest BCUT2D eigenvalue weighted by Crippen LogP contribution is -2.47. The Morgan fingerprint density at radius 3 is 2.40 bits per heavy atom. The smallest absolute Gasteiger partial charge is 0.266 e. The molecule has 0 atom stereocenters. The van der Waals surface area contributed by atoms with Gasteiger partial charge in [-0.2, -0.15) is 0 Å². The van der Waals surface area contributed by atoms with Crippen molar-refractivity contribution in [2.75, 3.05) is 44.2 Å². The van der Waals surface area contributed by atoms with Gasteiger partial charge < -0.3 is 14.4 Å². The van der Waals surface area contributed by atoms with Crippen molar-refractivity contribution in [1.29, 1.82) is 0 Å². The summed E-state index contributed by atoms with van der Waals surface area (Å²) in [6.07, 6.45) is 1.76. The van der Waals surface area contributed by atoms with Crippen molar-refractivity contribution in [3.05, 3.63) is 45.1 Å². The number of benzene rings is 1. The summed E-state index contributed by atoms with van der Waals surface area (Å²) in [5, 5.41) is 1.03. The molecule has 4 rings (SSSR count). The number of carbonyl (C=O) groups is 1. The minimum Gasteiger partial charge on any atom is -0.368 e. The molecular weight excluding hydrogens is 416 g/mol. The Morgan fingerprint density at radius 1 is 1.07 bits per heavy atom. The van der Waals surface area contributed by atoms with Crippen LogP contribution >= 0.6 is 24.0 Å². The first-order valence-electron chi connectivity index (χ1n) is 10.3. The Morgan fingerprint density at radius 2 is 1.77 bits per heavy atom. The van der Waals surface area contributed by atoms with E-state index in [-0.39, 0.29) is 11.5 Å². The van der Waals surface area contributed by atoms with Gasteiger partial charge in [0.15, 0.2) is 0 Å². The number of thiocarbonyl (C=S) groups is 1. The highest BCUT2D eigenvalue weighted by Gasteiger charge is 2.32. The number of fused-ring (bicyclic) bond motifs is 1. The zero-order valence-corrected chi connectivity index (χ0v) is 19.2. The molecule has 30 heavy (non-hydrogen) atoms. The summed E-state index contributed by atoms with van der Waals surface area (Å²) in [7, 11) is 1.79. The van der Waals surface area contributed by atoms with Gasteiger partial charge in [0.05, 0.1) is 21.7 Å². The van der Waals surface area contributed by atoms with Crippen LogP contribution in [-0.4, -0.2) is 63.9 Å². The maximum atomic E-state index is 13.4. The van der Waals surface area contributed by atoms with Crippen LogP contribution in [0.5, 0.6) is 0 Å². The standard InChI is InChI=1S/C22H26N4O2S2/c1-4-24-10-12-25(13-11-24)19-15-8-6-7-9-17(15)23(3)20(27)16(19)14-18-21(28)26(5-2)22(29)30-18/h6-9,14H,4-5,10-13H2,1-3H3. The molecule has 6 nitrogen and oxygen atoms in total. The largest absolute Gasteiger partial charge is 0.368 e. The van der Waals surface area contributed by atoms with Crippen LogP contribution in [0.25, 0.3) is 17.0 Å². The Kier molecular flexibility index (Phi) is 5.99. The van der Waals surface area contributed by atoms with Crippen molar-refractivity contribution < 1.29 is 4.79 Å². The Hall–Kier alpha value is -2.16. The van der Waals surface area contributed by atoms with Crippen molar-refractivity contribution in [3.63, 3.8) is 0 Å². The zero-order chi connectivity index (χ0) is 21.4. The molecule has 2 fully saturated rings. The Balaban J connectivity index is 1.90. The second-order valence-corrected chi connectivity index (χ2v) is 9.17. The van der Waals surface area contributed by atoms with Gasteiger partial charge in [-0.3, -0.25) is 14.5 Å². The van der Waals surface area contributed by atoms with Crippen LogP contribution < -0.4 is 10.5 Å². The van der Waals surface area contributed by atoms with Gasteiger partial charge in [-0.15, -0.1) is 0 Å². The third kappa shape index (κ3) is 3.57. The van der Waals surface area contributed by atoms with E-state index in [1.807, 2.05) is 25.1 Å². The van der Waals surface area contributed by atoms with E-state index in [0.717, 1.165) is 49.3 Å². The highest BCUT2D eigenvalue weighted by molar-refractivity contribution is 8.26. The minimum atomic E-state index is -0.121. The Labute approximate surface area is 186 Å². The summed E-state index contributed by atoms with van der Waals surface area (Å²) in [5.74, 6) is -0.121. The average Bonchev–Trinajstić information content (AvgIpc) is 3.04. The van der Waals surface area contributed by atoms with Crippen LogP contribution in [0.3, 0.4) is 0 Å². The van der Waals surface area contributed by atoms with Crippen LogP contribution in [0.15, 0.2) is 34.0 Å². The first-order valence-corrected chi connectivity index (χ1v) is 11.5. The molecule has 2 aliphatic rings. The summed E-state index contributed by atoms with van der Waals surface area (Å²) in [4.78, 5) is 33.0. The van der Waals surface area contributed by atoms with Crippen molar-refractivity contribution >= 4 is 56.9 Å². The van der Waals surface area contributed by atoms with Gasteiger partial charge in [0.2, 0.25) is 0 Å². The first kappa shape index (κ1) is 21.1. The molecule has 0 saturated carbocycles. The molecule has 8 heteroatoms. The number of rotatable bonds is 4. The Bertz CT molecular complexity index is 1100. The van der Waals surface area contributed by atoms with E-state index >= 15 is 0 Å². The van der Waals surface area contributed by atoms with E-state index in [2.05, 4.69) is 22.8 Å². The van der Waals surface area contributed by atoms with E-state index in [0.29, 0.717) is 21.3 Å². The number of amides is 1. The highest BCUT2D eigenvalue weighted by Crippen LogP contribution is 2.36. The third-order valence-corrected chi connectivity index (χ3v) is 7.29. The highest BCUT2D eigenvalue weighted by atomic mass is 32.2. The molecule has 158 valence electrons. The normalized spacial score (nSPS) is 19.5. The van der Waals surface area contributed by atoms with E-state index in [4.69, 9.17) is 12.2 Å². The molecule has 2 aliphatic heterocycles. The second-order valence-electron chi connectivity index (χ2n) is 7.49. The maximum Gasteiger partial charge on any atom is 0.266 e. The average molecular weight is 443 g/mol. The molecule has 0 aliphatic carbocycles. The number of hydrogen-bond acceptors (Lipinski definition) is 6. The number of aryl methyl sites for hydroxylation is 1. The molecular formula is C22H26N4O2S2. The topological polar surface area (TPSA) is 48.8 Å². The lowest BCUT2D eigenvalue weighted by Gasteiger charge is -2.37. The maximum absolute atomic E-state index is 13.4. The number of anilines is 1. The number of thioether (sulfide) groups is 1. The van der Waals surface area contributed by atoms with Gasteiger partial charge in [-0.05, 0) is 25.6 Å². The van der Waals surface area contributed by atoms with Gasteiger partial charge in [-0.25, -0.2) is 0 Å². The number of carbonyl (C=O) groups excluding carboxylic acids is 1. The van der Waals surface area contributed by atoms with Crippen LogP contribution in [0.4, 0.5) is 5.69 Å². The van der Waals surface area contributed by atoms with Gasteiger partial charge in [0.25, 0.3) is 11.5 Å². The predicted molar refractivity (Wildman–Crippen MR) is 129 cm³/mol. The summed E-state index contributed by atoms with van der Waals surface area (Å²) >= 11 is 6.63. The molecule has 0 bridgehead atoms. The third-order valence-electron chi connectivity index (χ3n) is 5.91. The van der Waals surface area contributed by atoms with Crippen molar-refractivity contribution in [2.24, 2.45) is 7.05 Å². The fourth-order valence-electron chi connectivity index (χ4n) is 4.17. The SMILES string of the molecule is CCN1CCN(c2c(C=C3SC(=S)N(CC)C3=O)c(=O)n(C)c3ccccc23)CC1. The summed E-state index contributed by atoms with van der Waals surface area (Å²) < 4.78 is 2.22. The lowest BCUT2D eigenvalue weighted by molar-refractivity contribution is -0.121. The van der Waals surface area contributed by atoms with E-state index < -0.39 is 0 Å². The number of hydrogen-bond donors (Lipinski definition) is 0. The monoisotopic (exact) mass is 442 g/mol. The number of piperazine rings is 1. The number of likely N-dealkylation sites (N-methyl/N-ethyl adjacent to an activating group) is 2. The molecule has 2 aromatic rings. The van der Waals surface area contributed by atoms with E-state index in [9.17, 15) is 9.59 Å². The zero-order valence-electron chi connectivity index (χ0n) is 17.6. The summed E-state index contributed by atoms with van der Waals surface area (Å²) in [6, 6.07) is 7.99. The molecule has 3 heterocycles. The molecule has 1 aromatic carbocycles.